The van der Waals surface area contributed by atoms with Crippen LogP contribution in [-0.2, 0) is 6.42 Å². The number of carbonyl (C=O) groups excluding carboxylic acids is 1. The van der Waals surface area contributed by atoms with Gasteiger partial charge in [-0.15, -0.1) is 0 Å². The van der Waals surface area contributed by atoms with Gasteiger partial charge in [-0.05, 0) is 24.3 Å². The summed E-state index contributed by atoms with van der Waals surface area (Å²) in [5, 5.41) is 3.90. The Morgan fingerprint density at radius 2 is 2.04 bits per heavy atom. The van der Waals surface area contributed by atoms with Gasteiger partial charge in [0.1, 0.15) is 0 Å². The first-order valence-corrected chi connectivity index (χ1v) is 9.51. The molecule has 2 aromatic heterocycles. The topological polar surface area (TPSA) is 46.1 Å². The van der Waals surface area contributed by atoms with Crippen LogP contribution in [-0.4, -0.2) is 26.8 Å². The highest BCUT2D eigenvalue weighted by atomic mass is 32.1. The van der Waals surface area contributed by atoms with Crippen LogP contribution in [0.2, 0.25) is 0 Å². The molecule has 4 heterocycles. The molecular weight excluding hydrogens is 330 g/mol. The van der Waals surface area contributed by atoms with E-state index in [2.05, 4.69) is 9.88 Å². The van der Waals surface area contributed by atoms with Gasteiger partial charge >= 0.3 is 0 Å². The molecule has 2 aliphatic heterocycles. The fourth-order valence-corrected chi connectivity index (χ4v) is 4.68. The largest absolute Gasteiger partial charge is 0.328 e. The SMILES string of the molecule is O=C(c1ccsc1)N1[C@H]2CC[C@@H]1c1cnc(-c3ccccc3)nc1C2. The number of aromatic nitrogens is 2. The van der Waals surface area contributed by atoms with Gasteiger partial charge < -0.3 is 4.90 Å². The number of hydrogen-bond donors (Lipinski definition) is 0. The predicted octanol–water partition coefficient (Wildman–Crippen LogP) is 4.11. The minimum atomic E-state index is 0.117. The lowest BCUT2D eigenvalue weighted by molar-refractivity contribution is 0.0644. The van der Waals surface area contributed by atoms with E-state index in [0.29, 0.717) is 0 Å². The van der Waals surface area contributed by atoms with Crippen LogP contribution in [0, 0.1) is 0 Å². The number of hydrogen-bond acceptors (Lipinski definition) is 4. The van der Waals surface area contributed by atoms with Crippen molar-refractivity contribution >= 4 is 17.2 Å². The Morgan fingerprint density at radius 1 is 1.16 bits per heavy atom. The lowest BCUT2D eigenvalue weighted by Gasteiger charge is -2.35. The number of rotatable bonds is 2. The fourth-order valence-electron chi connectivity index (χ4n) is 4.05. The maximum absolute atomic E-state index is 12.9. The van der Waals surface area contributed by atoms with Crippen molar-refractivity contribution in [3.05, 3.63) is 70.2 Å². The second kappa shape index (κ2) is 5.77. The smallest absolute Gasteiger partial charge is 0.255 e. The summed E-state index contributed by atoms with van der Waals surface area (Å²) >= 11 is 1.57. The molecule has 0 spiro atoms. The Morgan fingerprint density at radius 3 is 2.84 bits per heavy atom. The third-order valence-electron chi connectivity index (χ3n) is 5.23. The zero-order valence-electron chi connectivity index (χ0n) is 13.6. The molecule has 0 N–H and O–H groups in total. The highest BCUT2D eigenvalue weighted by Gasteiger charge is 2.43. The number of carbonyl (C=O) groups is 1. The van der Waals surface area contributed by atoms with Gasteiger partial charge in [0.15, 0.2) is 5.82 Å². The maximum Gasteiger partial charge on any atom is 0.255 e. The van der Waals surface area contributed by atoms with Crippen LogP contribution in [0.5, 0.6) is 0 Å². The van der Waals surface area contributed by atoms with Crippen molar-refractivity contribution in [2.75, 3.05) is 0 Å². The Bertz CT molecular complexity index is 923. The quantitative estimate of drug-likeness (QED) is 0.701. The first-order valence-electron chi connectivity index (χ1n) is 8.57. The van der Waals surface area contributed by atoms with Gasteiger partial charge in [-0.2, -0.15) is 11.3 Å². The van der Waals surface area contributed by atoms with Gasteiger partial charge in [0, 0.05) is 35.2 Å². The van der Waals surface area contributed by atoms with Crippen LogP contribution in [0.15, 0.2) is 53.4 Å². The van der Waals surface area contributed by atoms with Crippen LogP contribution in [0.25, 0.3) is 11.4 Å². The highest BCUT2D eigenvalue weighted by Crippen LogP contribution is 2.44. The van der Waals surface area contributed by atoms with Crippen molar-refractivity contribution in [1.29, 1.82) is 0 Å². The summed E-state index contributed by atoms with van der Waals surface area (Å²) in [5.74, 6) is 0.919. The van der Waals surface area contributed by atoms with E-state index in [1.165, 1.54) is 0 Å². The van der Waals surface area contributed by atoms with E-state index in [1.807, 2.05) is 53.4 Å². The lowest BCUT2D eigenvalue weighted by atomic mass is 9.98. The van der Waals surface area contributed by atoms with Gasteiger partial charge in [-0.1, -0.05) is 30.3 Å². The molecule has 1 saturated heterocycles. The van der Waals surface area contributed by atoms with E-state index in [9.17, 15) is 4.79 Å². The van der Waals surface area contributed by atoms with Crippen molar-refractivity contribution in [2.45, 2.75) is 31.3 Å². The third-order valence-corrected chi connectivity index (χ3v) is 5.91. The summed E-state index contributed by atoms with van der Waals surface area (Å²) in [4.78, 5) is 24.4. The summed E-state index contributed by atoms with van der Waals surface area (Å²) in [6.45, 7) is 0. The third kappa shape index (κ3) is 2.38. The molecule has 4 nitrogen and oxygen atoms in total. The number of nitrogens with zero attached hydrogens (tertiary/aromatic N) is 3. The molecule has 5 rings (SSSR count). The highest BCUT2D eigenvalue weighted by molar-refractivity contribution is 7.08. The van der Waals surface area contributed by atoms with Gasteiger partial charge in [-0.25, -0.2) is 9.97 Å². The second-order valence-electron chi connectivity index (χ2n) is 6.64. The zero-order chi connectivity index (χ0) is 16.8. The molecule has 0 radical (unpaired) electrons. The molecular formula is C20H17N3OS. The standard InChI is InChI=1S/C20H17N3OS/c24-20(14-8-9-25-12-14)23-15-6-7-18(23)16-11-21-19(22-17(16)10-15)13-4-2-1-3-5-13/h1-5,8-9,11-12,15,18H,6-7,10H2/t15-,18+/m0/s1. The van der Waals surface area contributed by atoms with Crippen LogP contribution in [0.3, 0.4) is 0 Å². The summed E-state index contributed by atoms with van der Waals surface area (Å²) in [7, 11) is 0. The van der Waals surface area contributed by atoms with Crippen molar-refractivity contribution in [3.8, 4) is 11.4 Å². The molecule has 124 valence electrons. The predicted molar refractivity (Wildman–Crippen MR) is 97.4 cm³/mol. The number of benzene rings is 1. The van der Waals surface area contributed by atoms with Crippen LogP contribution >= 0.6 is 11.3 Å². The van der Waals surface area contributed by atoms with E-state index in [-0.39, 0.29) is 18.0 Å². The van der Waals surface area contributed by atoms with Crippen molar-refractivity contribution in [3.63, 3.8) is 0 Å². The van der Waals surface area contributed by atoms with Gasteiger partial charge in [0.25, 0.3) is 5.91 Å². The van der Waals surface area contributed by atoms with Gasteiger partial charge in [0.05, 0.1) is 17.3 Å². The first kappa shape index (κ1) is 14.8. The number of amides is 1. The van der Waals surface area contributed by atoms with Crippen LogP contribution < -0.4 is 0 Å². The zero-order valence-corrected chi connectivity index (χ0v) is 14.4. The van der Waals surface area contributed by atoms with Crippen molar-refractivity contribution in [1.82, 2.24) is 14.9 Å². The minimum Gasteiger partial charge on any atom is -0.328 e. The molecule has 25 heavy (non-hydrogen) atoms. The first-order chi connectivity index (χ1) is 12.3. The molecule has 3 aromatic rings. The molecule has 2 aliphatic rings. The van der Waals surface area contributed by atoms with E-state index in [4.69, 9.17) is 4.98 Å². The van der Waals surface area contributed by atoms with Crippen LogP contribution in [0.4, 0.5) is 0 Å². The molecule has 1 aromatic carbocycles. The summed E-state index contributed by atoms with van der Waals surface area (Å²) < 4.78 is 0. The van der Waals surface area contributed by atoms with E-state index in [0.717, 1.165) is 47.5 Å². The summed E-state index contributed by atoms with van der Waals surface area (Å²) in [6, 6.07) is 12.4. The fraction of sp³-hybridized carbons (Fsp3) is 0.250. The Labute approximate surface area is 150 Å². The molecule has 1 amide bonds. The van der Waals surface area contributed by atoms with Crippen LogP contribution in [0.1, 0.15) is 40.5 Å². The van der Waals surface area contributed by atoms with Crippen molar-refractivity contribution in [2.24, 2.45) is 0 Å². The number of thiophene rings is 1. The Balaban J connectivity index is 1.52. The van der Waals surface area contributed by atoms with E-state index in [1.54, 1.807) is 11.3 Å². The monoisotopic (exact) mass is 347 g/mol. The van der Waals surface area contributed by atoms with Gasteiger partial charge in [0.2, 0.25) is 0 Å². The maximum atomic E-state index is 12.9. The van der Waals surface area contributed by atoms with E-state index < -0.39 is 0 Å². The molecule has 2 atom stereocenters. The Kier molecular flexibility index (Phi) is 3.41. The van der Waals surface area contributed by atoms with E-state index >= 15 is 0 Å². The normalized spacial score (nSPS) is 21.2. The second-order valence-corrected chi connectivity index (χ2v) is 7.42. The Hall–Kier alpha value is -2.53. The minimum absolute atomic E-state index is 0.117. The molecule has 0 aliphatic carbocycles. The van der Waals surface area contributed by atoms with Crippen molar-refractivity contribution < 1.29 is 4.79 Å². The average molecular weight is 347 g/mol. The number of fused-ring (bicyclic) bond motifs is 4. The molecule has 2 bridgehead atoms. The molecule has 1 fully saturated rings. The van der Waals surface area contributed by atoms with Gasteiger partial charge in [-0.3, -0.25) is 4.79 Å². The average Bonchev–Trinajstić information content (AvgIpc) is 3.29. The molecule has 0 saturated carbocycles. The molecule has 5 heteroatoms. The summed E-state index contributed by atoms with van der Waals surface area (Å²) in [5.41, 5.74) is 4.06. The summed E-state index contributed by atoms with van der Waals surface area (Å²) in [6.07, 6.45) is 4.80. The molecule has 0 unspecified atom stereocenters. The lowest BCUT2D eigenvalue weighted by Crippen LogP contribution is -2.42.